The second-order valence-electron chi connectivity index (χ2n) is 6.11. The molecule has 120 valence electrons. The van der Waals surface area contributed by atoms with E-state index in [1.807, 2.05) is 6.92 Å². The van der Waals surface area contributed by atoms with E-state index in [2.05, 4.69) is 42.0 Å². The van der Waals surface area contributed by atoms with Gasteiger partial charge < -0.3 is 10.7 Å². The summed E-state index contributed by atoms with van der Waals surface area (Å²) in [5.74, 6) is 1.23. The van der Waals surface area contributed by atoms with Crippen LogP contribution in [-0.2, 0) is 6.54 Å². The maximum atomic E-state index is 6.04. The molecule has 0 spiro atoms. The fraction of sp³-hybridized carbons (Fsp3) is 0.467. The Morgan fingerprint density at radius 1 is 1.35 bits per heavy atom. The Hall–Kier alpha value is -2.48. The van der Waals surface area contributed by atoms with E-state index in [1.165, 1.54) is 5.56 Å². The molecule has 8 heteroatoms. The van der Waals surface area contributed by atoms with Crippen molar-refractivity contribution in [2.24, 2.45) is 0 Å². The summed E-state index contributed by atoms with van der Waals surface area (Å²) in [4.78, 5) is 18.7. The molecule has 0 bridgehead atoms. The number of hydrogen-bond acceptors (Lipinski definition) is 6. The quantitative estimate of drug-likeness (QED) is 0.677. The maximum Gasteiger partial charge on any atom is 0.183 e. The van der Waals surface area contributed by atoms with E-state index in [0.29, 0.717) is 17.0 Å². The van der Waals surface area contributed by atoms with Gasteiger partial charge >= 0.3 is 0 Å². The zero-order chi connectivity index (χ0) is 16.0. The average Bonchev–Trinajstić information content (AvgIpc) is 3.23. The SMILES string of the molecule is Cc1n[nH]c(C)c1CN1CCCC1c1nc(N)c2[nH]cnc2n1. The zero-order valence-electron chi connectivity index (χ0n) is 13.3. The van der Waals surface area contributed by atoms with Gasteiger partial charge in [0.1, 0.15) is 5.52 Å². The van der Waals surface area contributed by atoms with E-state index in [9.17, 15) is 0 Å². The first kappa shape index (κ1) is 14.1. The van der Waals surface area contributed by atoms with Gasteiger partial charge in [-0.3, -0.25) is 10.00 Å². The maximum absolute atomic E-state index is 6.04. The molecule has 1 fully saturated rings. The van der Waals surface area contributed by atoms with Crippen LogP contribution in [0.2, 0.25) is 0 Å². The van der Waals surface area contributed by atoms with Crippen LogP contribution in [0.15, 0.2) is 6.33 Å². The normalized spacial score (nSPS) is 19.0. The summed E-state index contributed by atoms with van der Waals surface area (Å²) in [7, 11) is 0. The lowest BCUT2D eigenvalue weighted by atomic mass is 10.1. The number of fused-ring (bicyclic) bond motifs is 1. The molecule has 1 unspecified atom stereocenters. The Balaban J connectivity index is 1.66. The van der Waals surface area contributed by atoms with Crippen molar-refractivity contribution >= 4 is 17.0 Å². The molecule has 3 aromatic rings. The van der Waals surface area contributed by atoms with Crippen molar-refractivity contribution in [1.29, 1.82) is 0 Å². The molecule has 0 amide bonds. The van der Waals surface area contributed by atoms with Crippen molar-refractivity contribution < 1.29 is 0 Å². The number of hydrogen-bond donors (Lipinski definition) is 3. The van der Waals surface area contributed by atoms with E-state index in [4.69, 9.17) is 5.73 Å². The van der Waals surface area contributed by atoms with Crippen LogP contribution >= 0.6 is 0 Å². The molecule has 3 aromatic heterocycles. The number of H-pyrrole nitrogens is 2. The predicted molar refractivity (Wildman–Crippen MR) is 86.5 cm³/mol. The van der Waals surface area contributed by atoms with E-state index in [0.717, 1.165) is 43.1 Å². The Bertz CT molecular complexity index is 829. The third-order valence-electron chi connectivity index (χ3n) is 4.63. The topological polar surface area (TPSA) is 112 Å². The van der Waals surface area contributed by atoms with Crippen molar-refractivity contribution in [3.63, 3.8) is 0 Å². The lowest BCUT2D eigenvalue weighted by Gasteiger charge is -2.23. The molecule has 0 radical (unpaired) electrons. The van der Waals surface area contributed by atoms with Crippen LogP contribution in [0, 0.1) is 13.8 Å². The van der Waals surface area contributed by atoms with Crippen molar-refractivity contribution in [2.75, 3.05) is 12.3 Å². The number of nitrogens with two attached hydrogens (primary N) is 1. The largest absolute Gasteiger partial charge is 0.382 e. The fourth-order valence-corrected chi connectivity index (χ4v) is 3.34. The molecule has 1 aliphatic heterocycles. The summed E-state index contributed by atoms with van der Waals surface area (Å²) in [5, 5.41) is 7.34. The van der Waals surface area contributed by atoms with Crippen LogP contribution in [-0.4, -0.2) is 41.6 Å². The summed E-state index contributed by atoms with van der Waals surface area (Å²) in [6, 6.07) is 0.173. The van der Waals surface area contributed by atoms with Gasteiger partial charge in [-0.15, -0.1) is 0 Å². The highest BCUT2D eigenvalue weighted by molar-refractivity contribution is 5.80. The van der Waals surface area contributed by atoms with Crippen LogP contribution in [0.5, 0.6) is 0 Å². The number of likely N-dealkylation sites (tertiary alicyclic amines) is 1. The van der Waals surface area contributed by atoms with Gasteiger partial charge in [-0.25, -0.2) is 15.0 Å². The van der Waals surface area contributed by atoms with Crippen molar-refractivity contribution in [1.82, 2.24) is 35.0 Å². The second kappa shape index (κ2) is 5.31. The highest BCUT2D eigenvalue weighted by Crippen LogP contribution is 2.33. The molecule has 0 aromatic carbocycles. The van der Waals surface area contributed by atoms with Crippen LogP contribution in [0.1, 0.15) is 41.7 Å². The molecule has 1 atom stereocenters. The predicted octanol–water partition coefficient (Wildman–Crippen LogP) is 1.61. The van der Waals surface area contributed by atoms with Crippen molar-refractivity contribution in [3.05, 3.63) is 29.1 Å². The van der Waals surface area contributed by atoms with Gasteiger partial charge in [0.25, 0.3) is 0 Å². The second-order valence-corrected chi connectivity index (χ2v) is 6.11. The Labute approximate surface area is 133 Å². The molecule has 4 N–H and O–H groups in total. The molecule has 1 aliphatic rings. The van der Waals surface area contributed by atoms with Crippen LogP contribution in [0.3, 0.4) is 0 Å². The molecule has 0 saturated carbocycles. The number of aryl methyl sites for hydroxylation is 2. The number of anilines is 1. The molecular formula is C15H20N8. The van der Waals surface area contributed by atoms with Gasteiger partial charge in [0.2, 0.25) is 0 Å². The summed E-state index contributed by atoms with van der Waals surface area (Å²) >= 11 is 0. The van der Waals surface area contributed by atoms with Gasteiger partial charge in [0.05, 0.1) is 18.1 Å². The van der Waals surface area contributed by atoms with E-state index >= 15 is 0 Å². The smallest absolute Gasteiger partial charge is 0.183 e. The molecule has 0 aliphatic carbocycles. The Morgan fingerprint density at radius 3 is 3.00 bits per heavy atom. The molecule has 4 heterocycles. The van der Waals surface area contributed by atoms with Gasteiger partial charge in [0.15, 0.2) is 17.3 Å². The molecule has 8 nitrogen and oxygen atoms in total. The van der Waals surface area contributed by atoms with E-state index in [-0.39, 0.29) is 6.04 Å². The number of aromatic nitrogens is 6. The minimum atomic E-state index is 0.173. The first-order valence-corrected chi connectivity index (χ1v) is 7.84. The van der Waals surface area contributed by atoms with E-state index < -0.39 is 0 Å². The van der Waals surface area contributed by atoms with Crippen LogP contribution < -0.4 is 5.73 Å². The number of nitrogens with zero attached hydrogens (tertiary/aromatic N) is 5. The fourth-order valence-electron chi connectivity index (χ4n) is 3.34. The number of nitrogen functional groups attached to an aromatic ring is 1. The van der Waals surface area contributed by atoms with Gasteiger partial charge in [0, 0.05) is 17.8 Å². The zero-order valence-corrected chi connectivity index (χ0v) is 13.3. The van der Waals surface area contributed by atoms with Gasteiger partial charge in [-0.05, 0) is 33.2 Å². The first-order chi connectivity index (χ1) is 11.1. The third-order valence-corrected chi connectivity index (χ3v) is 4.63. The number of rotatable bonds is 3. The monoisotopic (exact) mass is 312 g/mol. The molecular weight excluding hydrogens is 292 g/mol. The van der Waals surface area contributed by atoms with Crippen molar-refractivity contribution in [2.45, 2.75) is 39.3 Å². The summed E-state index contributed by atoms with van der Waals surface area (Å²) in [5.41, 5.74) is 10.8. The average molecular weight is 312 g/mol. The van der Waals surface area contributed by atoms with Crippen molar-refractivity contribution in [3.8, 4) is 0 Å². The number of nitrogens with one attached hydrogen (secondary N) is 2. The standard InChI is InChI=1S/C15H20N8/c1-8-10(9(2)22-21-8)6-23-5-3-4-11(23)14-19-13(16)12-15(20-14)18-7-17-12/h7,11H,3-6H2,1-2H3,(H,21,22)(H3,16,17,18,19,20). The van der Waals surface area contributed by atoms with E-state index in [1.54, 1.807) is 6.33 Å². The van der Waals surface area contributed by atoms with Crippen LogP contribution in [0.25, 0.3) is 11.2 Å². The van der Waals surface area contributed by atoms with Gasteiger partial charge in [-0.1, -0.05) is 0 Å². The Morgan fingerprint density at radius 2 is 2.22 bits per heavy atom. The lowest BCUT2D eigenvalue weighted by molar-refractivity contribution is 0.239. The van der Waals surface area contributed by atoms with Gasteiger partial charge in [-0.2, -0.15) is 5.10 Å². The first-order valence-electron chi connectivity index (χ1n) is 7.84. The number of imidazole rings is 1. The molecule has 4 rings (SSSR count). The number of aromatic amines is 2. The summed E-state index contributed by atoms with van der Waals surface area (Å²) in [6.07, 6.45) is 3.76. The minimum Gasteiger partial charge on any atom is -0.382 e. The lowest BCUT2D eigenvalue weighted by Crippen LogP contribution is -2.25. The highest BCUT2D eigenvalue weighted by Gasteiger charge is 2.30. The molecule has 23 heavy (non-hydrogen) atoms. The van der Waals surface area contributed by atoms with Crippen LogP contribution in [0.4, 0.5) is 5.82 Å². The highest BCUT2D eigenvalue weighted by atomic mass is 15.2. The minimum absolute atomic E-state index is 0.173. The summed E-state index contributed by atoms with van der Waals surface area (Å²) < 4.78 is 0. The summed E-state index contributed by atoms with van der Waals surface area (Å²) in [6.45, 7) is 5.97. The third kappa shape index (κ3) is 2.35. The molecule has 1 saturated heterocycles. The Kier molecular flexibility index (Phi) is 3.26.